The first kappa shape index (κ1) is 15.6. The maximum atomic E-state index is 12.6. The summed E-state index contributed by atoms with van der Waals surface area (Å²) in [6.45, 7) is 0.280. The van der Waals surface area contributed by atoms with E-state index in [2.05, 4.69) is 6.07 Å². The van der Waals surface area contributed by atoms with Crippen molar-refractivity contribution >= 4 is 10.9 Å². The highest BCUT2D eigenvalue weighted by Gasteiger charge is 2.11. The van der Waals surface area contributed by atoms with Crippen molar-refractivity contribution in [3.05, 3.63) is 70.0 Å². The largest absolute Gasteiger partial charge is 0.497 e. The van der Waals surface area contributed by atoms with Gasteiger partial charge in [0, 0.05) is 7.05 Å². The van der Waals surface area contributed by atoms with Crippen molar-refractivity contribution in [3.8, 4) is 17.6 Å². The fourth-order valence-electron chi connectivity index (χ4n) is 2.61. The lowest BCUT2D eigenvalue weighted by molar-refractivity contribution is 0.301. The summed E-state index contributed by atoms with van der Waals surface area (Å²) in [5.74, 6) is 1.03. The fourth-order valence-corrected chi connectivity index (χ4v) is 2.61. The number of nitrogens with zero attached hydrogens (tertiary/aromatic N) is 2. The molecular weight excluding hydrogens is 304 g/mol. The minimum Gasteiger partial charge on any atom is -0.497 e. The number of aryl methyl sites for hydroxylation is 1. The standard InChI is InChI=1S/C19H16N2O3/c1-21-11-17(24-12-13-6-8-15(23-2)9-7-13)19(22)16-5-3-4-14(10-20)18(16)21/h3-9,11H,12H2,1-2H3. The van der Waals surface area contributed by atoms with E-state index >= 15 is 0 Å². The van der Waals surface area contributed by atoms with E-state index in [9.17, 15) is 10.1 Å². The molecular formula is C19H16N2O3. The summed E-state index contributed by atoms with van der Waals surface area (Å²) in [6.07, 6.45) is 1.62. The molecule has 2 aromatic carbocycles. The smallest absolute Gasteiger partial charge is 0.231 e. The highest BCUT2D eigenvalue weighted by molar-refractivity contribution is 5.85. The van der Waals surface area contributed by atoms with Crippen LogP contribution < -0.4 is 14.9 Å². The molecule has 1 heterocycles. The average Bonchev–Trinajstić information content (AvgIpc) is 2.63. The summed E-state index contributed by atoms with van der Waals surface area (Å²) >= 11 is 0. The van der Waals surface area contributed by atoms with Crippen LogP contribution in [0.15, 0.2) is 53.5 Å². The molecule has 0 aliphatic rings. The number of rotatable bonds is 4. The summed E-state index contributed by atoms with van der Waals surface area (Å²) in [5, 5.41) is 9.68. The van der Waals surface area contributed by atoms with Crippen LogP contribution in [0.25, 0.3) is 10.9 Å². The Labute approximate surface area is 139 Å². The van der Waals surface area contributed by atoms with Crippen LogP contribution in [-0.2, 0) is 13.7 Å². The van der Waals surface area contributed by atoms with Crippen molar-refractivity contribution in [2.45, 2.75) is 6.61 Å². The molecule has 0 unspecified atom stereocenters. The molecule has 0 radical (unpaired) electrons. The Bertz CT molecular complexity index is 982. The zero-order chi connectivity index (χ0) is 17.1. The van der Waals surface area contributed by atoms with Crippen LogP contribution in [0.2, 0.25) is 0 Å². The Hall–Kier alpha value is -3.26. The van der Waals surface area contributed by atoms with Gasteiger partial charge in [0.15, 0.2) is 5.75 Å². The number of aromatic nitrogens is 1. The molecule has 5 heteroatoms. The van der Waals surface area contributed by atoms with Crippen molar-refractivity contribution < 1.29 is 9.47 Å². The molecule has 24 heavy (non-hydrogen) atoms. The molecule has 120 valence electrons. The van der Waals surface area contributed by atoms with Crippen molar-refractivity contribution in [2.24, 2.45) is 7.05 Å². The Morgan fingerprint density at radius 1 is 1.17 bits per heavy atom. The molecule has 0 amide bonds. The van der Waals surface area contributed by atoms with Crippen LogP contribution in [0.5, 0.6) is 11.5 Å². The summed E-state index contributed by atoms with van der Waals surface area (Å²) in [5.41, 5.74) is 1.80. The number of hydrogen-bond donors (Lipinski definition) is 0. The van der Waals surface area contributed by atoms with Gasteiger partial charge in [0.05, 0.1) is 29.8 Å². The van der Waals surface area contributed by atoms with E-state index < -0.39 is 0 Å². The summed E-state index contributed by atoms with van der Waals surface area (Å²) in [6, 6.07) is 14.7. The normalized spacial score (nSPS) is 10.4. The molecule has 0 bridgehead atoms. The van der Waals surface area contributed by atoms with Gasteiger partial charge in [0.25, 0.3) is 0 Å². The Kier molecular flexibility index (Phi) is 4.21. The second-order valence-electron chi connectivity index (χ2n) is 5.38. The summed E-state index contributed by atoms with van der Waals surface area (Å²) in [4.78, 5) is 12.6. The number of pyridine rings is 1. The van der Waals surface area contributed by atoms with Gasteiger partial charge >= 0.3 is 0 Å². The van der Waals surface area contributed by atoms with E-state index in [4.69, 9.17) is 9.47 Å². The maximum Gasteiger partial charge on any atom is 0.231 e. The monoisotopic (exact) mass is 320 g/mol. The number of hydrogen-bond acceptors (Lipinski definition) is 4. The quantitative estimate of drug-likeness (QED) is 0.741. The molecule has 0 saturated carbocycles. The Morgan fingerprint density at radius 2 is 1.92 bits per heavy atom. The first-order chi connectivity index (χ1) is 11.6. The highest BCUT2D eigenvalue weighted by Crippen LogP contribution is 2.19. The van der Waals surface area contributed by atoms with E-state index in [1.807, 2.05) is 24.3 Å². The van der Waals surface area contributed by atoms with Gasteiger partial charge < -0.3 is 14.0 Å². The molecule has 3 aromatic rings. The second kappa shape index (κ2) is 6.47. The number of benzene rings is 2. The zero-order valence-electron chi connectivity index (χ0n) is 13.4. The lowest BCUT2D eigenvalue weighted by Gasteiger charge is -2.11. The topological polar surface area (TPSA) is 64.2 Å². The fraction of sp³-hybridized carbons (Fsp3) is 0.158. The van der Waals surface area contributed by atoms with Gasteiger partial charge in [-0.15, -0.1) is 0 Å². The van der Waals surface area contributed by atoms with Gasteiger partial charge in [-0.2, -0.15) is 5.26 Å². The van der Waals surface area contributed by atoms with Crippen LogP contribution in [0.4, 0.5) is 0 Å². The molecule has 0 fully saturated rings. The van der Waals surface area contributed by atoms with Gasteiger partial charge in [0.1, 0.15) is 18.4 Å². The van der Waals surface area contributed by atoms with Crippen LogP contribution in [0.1, 0.15) is 11.1 Å². The van der Waals surface area contributed by atoms with Gasteiger partial charge in [0.2, 0.25) is 5.43 Å². The van der Waals surface area contributed by atoms with E-state index in [0.717, 1.165) is 11.3 Å². The van der Waals surface area contributed by atoms with Gasteiger partial charge in [-0.25, -0.2) is 0 Å². The van der Waals surface area contributed by atoms with Gasteiger partial charge in [-0.3, -0.25) is 4.79 Å². The molecule has 0 N–H and O–H groups in total. The van der Waals surface area contributed by atoms with Crippen molar-refractivity contribution in [1.29, 1.82) is 5.26 Å². The first-order valence-electron chi connectivity index (χ1n) is 7.42. The number of fused-ring (bicyclic) bond motifs is 1. The Morgan fingerprint density at radius 3 is 2.58 bits per heavy atom. The van der Waals surface area contributed by atoms with E-state index in [0.29, 0.717) is 16.5 Å². The van der Waals surface area contributed by atoms with Crippen molar-refractivity contribution in [2.75, 3.05) is 7.11 Å². The SMILES string of the molecule is COc1ccc(COc2cn(C)c3c(C#N)cccc3c2=O)cc1. The second-order valence-corrected chi connectivity index (χ2v) is 5.38. The first-order valence-corrected chi connectivity index (χ1v) is 7.42. The van der Waals surface area contributed by atoms with Crippen LogP contribution in [0.3, 0.4) is 0 Å². The van der Waals surface area contributed by atoms with Crippen LogP contribution in [0, 0.1) is 11.3 Å². The van der Waals surface area contributed by atoms with Crippen molar-refractivity contribution in [3.63, 3.8) is 0 Å². The number of para-hydroxylation sites is 1. The van der Waals surface area contributed by atoms with E-state index in [1.54, 1.807) is 43.1 Å². The van der Waals surface area contributed by atoms with Gasteiger partial charge in [-0.05, 0) is 29.8 Å². The highest BCUT2D eigenvalue weighted by atomic mass is 16.5. The molecule has 0 saturated heterocycles. The molecule has 0 aliphatic heterocycles. The van der Waals surface area contributed by atoms with Crippen molar-refractivity contribution in [1.82, 2.24) is 4.57 Å². The molecule has 5 nitrogen and oxygen atoms in total. The number of methoxy groups -OCH3 is 1. The predicted octanol–water partition coefficient (Wildman–Crippen LogP) is 3.00. The zero-order valence-corrected chi connectivity index (χ0v) is 13.4. The van der Waals surface area contributed by atoms with E-state index in [-0.39, 0.29) is 17.8 Å². The predicted molar refractivity (Wildman–Crippen MR) is 91.2 cm³/mol. The lowest BCUT2D eigenvalue weighted by atomic mass is 10.1. The molecule has 0 spiro atoms. The lowest BCUT2D eigenvalue weighted by Crippen LogP contribution is -2.12. The van der Waals surface area contributed by atoms with Crippen LogP contribution in [-0.4, -0.2) is 11.7 Å². The van der Waals surface area contributed by atoms with Gasteiger partial charge in [-0.1, -0.05) is 18.2 Å². The third-order valence-electron chi connectivity index (χ3n) is 3.84. The Balaban J connectivity index is 1.94. The minimum absolute atomic E-state index is 0.214. The molecule has 1 aromatic heterocycles. The molecule has 3 rings (SSSR count). The minimum atomic E-state index is -0.214. The third kappa shape index (κ3) is 2.82. The number of nitriles is 1. The summed E-state index contributed by atoms with van der Waals surface area (Å²) in [7, 11) is 3.41. The third-order valence-corrected chi connectivity index (χ3v) is 3.84. The van der Waals surface area contributed by atoms with Crippen LogP contribution >= 0.6 is 0 Å². The van der Waals surface area contributed by atoms with E-state index in [1.165, 1.54) is 0 Å². The number of ether oxygens (including phenoxy) is 2. The average molecular weight is 320 g/mol. The maximum absolute atomic E-state index is 12.6. The molecule has 0 aliphatic carbocycles. The molecule has 0 atom stereocenters. The summed E-state index contributed by atoms with van der Waals surface area (Å²) < 4.78 is 12.6.